The summed E-state index contributed by atoms with van der Waals surface area (Å²) in [7, 11) is 0. The zero-order chi connectivity index (χ0) is 26.1. The average molecular weight is 588 g/mol. The maximum Gasteiger partial charge on any atom is 0.243 e. The Kier molecular flexibility index (Phi) is 10.5. The second kappa shape index (κ2) is 13.3. The zero-order valence-electron chi connectivity index (χ0n) is 20.8. The van der Waals surface area contributed by atoms with E-state index in [1.165, 1.54) is 11.8 Å². The predicted octanol–water partition coefficient (Wildman–Crippen LogP) is 6.89. The molecule has 0 bridgehead atoms. The van der Waals surface area contributed by atoms with E-state index in [1.54, 1.807) is 4.90 Å². The number of hydrogen-bond donors (Lipinski definition) is 1. The Hall–Kier alpha value is -2.28. The average Bonchev–Trinajstić information content (AvgIpc) is 2.82. The second-order valence-corrected chi connectivity index (χ2v) is 12.0. The highest BCUT2D eigenvalue weighted by atomic mass is 79.9. The van der Waals surface area contributed by atoms with Crippen molar-refractivity contribution in [3.63, 3.8) is 0 Å². The van der Waals surface area contributed by atoms with Crippen molar-refractivity contribution in [1.29, 1.82) is 0 Å². The van der Waals surface area contributed by atoms with Gasteiger partial charge in [0, 0.05) is 33.8 Å². The van der Waals surface area contributed by atoms with Crippen LogP contribution in [0.4, 0.5) is 0 Å². The third-order valence-corrected chi connectivity index (χ3v) is 7.28. The lowest BCUT2D eigenvalue weighted by atomic mass is 10.0. The van der Waals surface area contributed by atoms with Crippen LogP contribution in [0.1, 0.15) is 37.5 Å². The minimum Gasteiger partial charge on any atom is -0.350 e. The molecule has 0 aromatic heterocycles. The molecule has 0 radical (unpaired) electrons. The molecule has 3 aromatic rings. The van der Waals surface area contributed by atoms with E-state index in [0.717, 1.165) is 21.2 Å². The van der Waals surface area contributed by atoms with Crippen LogP contribution in [0.15, 0.2) is 83.3 Å². The Morgan fingerprint density at radius 1 is 0.972 bits per heavy atom. The van der Waals surface area contributed by atoms with Gasteiger partial charge in [-0.3, -0.25) is 9.59 Å². The third kappa shape index (κ3) is 8.99. The van der Waals surface area contributed by atoms with Gasteiger partial charge in [-0.2, -0.15) is 0 Å². The largest absolute Gasteiger partial charge is 0.350 e. The van der Waals surface area contributed by atoms with Crippen LogP contribution in [0.2, 0.25) is 5.02 Å². The van der Waals surface area contributed by atoms with E-state index in [0.29, 0.717) is 23.7 Å². The fourth-order valence-corrected chi connectivity index (χ4v) is 5.43. The summed E-state index contributed by atoms with van der Waals surface area (Å²) in [6.45, 7) is 6.18. The van der Waals surface area contributed by atoms with Crippen molar-refractivity contribution in [2.24, 2.45) is 0 Å². The predicted molar refractivity (Wildman–Crippen MR) is 154 cm³/mol. The molecule has 4 nitrogen and oxygen atoms in total. The minimum atomic E-state index is -0.654. The molecule has 7 heteroatoms. The number of thioether (sulfide) groups is 1. The van der Waals surface area contributed by atoms with Crippen LogP contribution >= 0.6 is 39.3 Å². The number of nitrogens with zero attached hydrogens (tertiary/aromatic N) is 1. The molecule has 0 saturated carbocycles. The van der Waals surface area contributed by atoms with Crippen molar-refractivity contribution in [3.05, 3.63) is 105 Å². The number of rotatable bonds is 10. The van der Waals surface area contributed by atoms with Crippen LogP contribution in [0.5, 0.6) is 0 Å². The van der Waals surface area contributed by atoms with Gasteiger partial charge in [0.2, 0.25) is 11.8 Å². The van der Waals surface area contributed by atoms with Gasteiger partial charge in [-0.25, -0.2) is 0 Å². The highest BCUT2D eigenvalue weighted by Gasteiger charge is 2.32. The lowest BCUT2D eigenvalue weighted by molar-refractivity contribution is -0.140. The van der Waals surface area contributed by atoms with E-state index in [9.17, 15) is 9.59 Å². The molecule has 0 heterocycles. The number of carbonyl (C=O) groups excluding carboxylic acids is 2. The first-order chi connectivity index (χ1) is 17.1. The molecule has 0 aliphatic rings. The fraction of sp³-hybridized carbons (Fsp3) is 0.310. The lowest BCUT2D eigenvalue weighted by Crippen LogP contribution is -2.54. The standard InChI is InChI=1S/C29H32BrClN2O2S/c1-29(2,3)32-28(35)26(17-21-10-5-4-6-11-21)33(18-22-12-9-14-24(30)16-22)27(34)20-36-19-23-13-7-8-15-25(23)31/h4-16,26H,17-20H2,1-3H3,(H,32,35)/t26-/m1/s1. The van der Waals surface area contributed by atoms with Crippen LogP contribution in [0, 0.1) is 0 Å². The van der Waals surface area contributed by atoms with Crippen molar-refractivity contribution in [2.75, 3.05) is 5.75 Å². The van der Waals surface area contributed by atoms with E-state index < -0.39 is 11.6 Å². The molecule has 3 rings (SSSR count). The van der Waals surface area contributed by atoms with Gasteiger partial charge in [0.15, 0.2) is 0 Å². The van der Waals surface area contributed by atoms with Crippen molar-refractivity contribution >= 4 is 51.1 Å². The number of nitrogens with one attached hydrogen (secondary N) is 1. The number of halogens is 2. The minimum absolute atomic E-state index is 0.0861. The Morgan fingerprint density at radius 2 is 1.64 bits per heavy atom. The van der Waals surface area contributed by atoms with E-state index in [2.05, 4.69) is 21.2 Å². The molecule has 3 aromatic carbocycles. The van der Waals surface area contributed by atoms with Gasteiger partial charge in [-0.05, 0) is 55.7 Å². The quantitative estimate of drug-likeness (QED) is 0.281. The maximum atomic E-state index is 13.7. The Bertz CT molecular complexity index is 1170. The molecule has 0 spiro atoms. The van der Waals surface area contributed by atoms with Gasteiger partial charge >= 0.3 is 0 Å². The van der Waals surface area contributed by atoms with Crippen LogP contribution in [0.3, 0.4) is 0 Å². The van der Waals surface area contributed by atoms with Crippen molar-refractivity contribution in [3.8, 4) is 0 Å². The molecule has 0 fully saturated rings. The molecule has 0 aliphatic heterocycles. The third-order valence-electron chi connectivity index (χ3n) is 5.45. The van der Waals surface area contributed by atoms with Crippen LogP contribution in [-0.4, -0.2) is 34.0 Å². The first-order valence-corrected chi connectivity index (χ1v) is 14.2. The van der Waals surface area contributed by atoms with Gasteiger partial charge < -0.3 is 10.2 Å². The van der Waals surface area contributed by atoms with Gasteiger partial charge in [0.05, 0.1) is 5.75 Å². The van der Waals surface area contributed by atoms with Gasteiger partial charge in [-0.1, -0.05) is 88.2 Å². The Labute approximate surface area is 231 Å². The summed E-state index contributed by atoms with van der Waals surface area (Å²) in [5.41, 5.74) is 2.52. The number of hydrogen-bond acceptors (Lipinski definition) is 3. The molecular formula is C29H32BrClN2O2S. The van der Waals surface area contributed by atoms with Gasteiger partial charge in [-0.15, -0.1) is 11.8 Å². The summed E-state index contributed by atoms with van der Waals surface area (Å²) in [6, 6.07) is 24.7. The van der Waals surface area contributed by atoms with Crippen molar-refractivity contribution < 1.29 is 9.59 Å². The Morgan fingerprint density at radius 3 is 2.31 bits per heavy atom. The maximum absolute atomic E-state index is 13.7. The zero-order valence-corrected chi connectivity index (χ0v) is 24.0. The summed E-state index contributed by atoms with van der Waals surface area (Å²) in [4.78, 5) is 29.0. The van der Waals surface area contributed by atoms with Gasteiger partial charge in [0.1, 0.15) is 6.04 Å². The SMILES string of the molecule is CC(C)(C)NC(=O)[C@@H](Cc1ccccc1)N(Cc1cccc(Br)c1)C(=O)CSCc1ccccc1Cl. The molecule has 2 amide bonds. The normalized spacial score (nSPS) is 12.1. The highest BCUT2D eigenvalue weighted by molar-refractivity contribution is 9.10. The van der Waals surface area contributed by atoms with E-state index in [4.69, 9.17) is 11.6 Å². The summed E-state index contributed by atoms with van der Waals surface area (Å²) >= 11 is 11.3. The highest BCUT2D eigenvalue weighted by Crippen LogP contribution is 2.23. The van der Waals surface area contributed by atoms with Crippen LogP contribution < -0.4 is 5.32 Å². The van der Waals surface area contributed by atoms with Crippen LogP contribution in [0.25, 0.3) is 0 Å². The molecule has 36 heavy (non-hydrogen) atoms. The fourth-order valence-electron chi connectivity index (χ4n) is 3.79. The Balaban J connectivity index is 1.88. The van der Waals surface area contributed by atoms with Crippen molar-refractivity contribution in [2.45, 2.75) is 51.1 Å². The topological polar surface area (TPSA) is 49.4 Å². The molecule has 190 valence electrons. The van der Waals surface area contributed by atoms with Gasteiger partial charge in [0.25, 0.3) is 0 Å². The molecule has 0 saturated heterocycles. The van der Waals surface area contributed by atoms with E-state index >= 15 is 0 Å². The summed E-state index contributed by atoms with van der Waals surface area (Å²) < 4.78 is 0.930. The number of carbonyl (C=O) groups is 2. The van der Waals surface area contributed by atoms with Crippen molar-refractivity contribution in [1.82, 2.24) is 10.2 Å². The second-order valence-electron chi connectivity index (χ2n) is 9.68. The lowest BCUT2D eigenvalue weighted by Gasteiger charge is -2.34. The summed E-state index contributed by atoms with van der Waals surface area (Å²) in [6.07, 6.45) is 0.428. The molecule has 0 aliphatic carbocycles. The molecule has 0 unspecified atom stereocenters. The molecule has 1 atom stereocenters. The summed E-state index contributed by atoms with van der Waals surface area (Å²) in [5.74, 6) is 0.615. The van der Waals surface area contributed by atoms with E-state index in [-0.39, 0.29) is 17.6 Å². The van der Waals surface area contributed by atoms with Crippen LogP contribution in [-0.2, 0) is 28.3 Å². The monoisotopic (exact) mass is 586 g/mol. The number of benzene rings is 3. The smallest absolute Gasteiger partial charge is 0.243 e. The first-order valence-electron chi connectivity index (χ1n) is 11.8. The number of amides is 2. The molecule has 1 N–H and O–H groups in total. The van der Waals surface area contributed by atoms with E-state index in [1.807, 2.05) is 99.6 Å². The molecular weight excluding hydrogens is 556 g/mol. The summed E-state index contributed by atoms with van der Waals surface area (Å²) in [5, 5.41) is 3.78. The first kappa shape index (κ1) is 28.3.